The van der Waals surface area contributed by atoms with E-state index in [4.69, 9.17) is 5.73 Å². The van der Waals surface area contributed by atoms with Gasteiger partial charge in [0.25, 0.3) is 0 Å². The number of halogens is 1. The van der Waals surface area contributed by atoms with E-state index in [0.29, 0.717) is 17.8 Å². The smallest absolute Gasteiger partial charge is 0.228 e. The van der Waals surface area contributed by atoms with Crippen molar-refractivity contribution in [1.82, 2.24) is 14.9 Å². The lowest BCUT2D eigenvalue weighted by Crippen LogP contribution is -2.50. The standard InChI is InChI=1S/C10H16BrN5/c1-7-6-16(4-3-15(7)2)10-13-8(11)5-9(12)14-10/h5,7H,3-4,6H2,1-2H3,(H2,12,13,14). The van der Waals surface area contributed by atoms with Gasteiger partial charge < -0.3 is 15.5 Å². The lowest BCUT2D eigenvalue weighted by Gasteiger charge is -2.37. The van der Waals surface area contributed by atoms with Crippen LogP contribution in [0.15, 0.2) is 10.7 Å². The zero-order valence-electron chi connectivity index (χ0n) is 9.52. The van der Waals surface area contributed by atoms with Crippen LogP contribution < -0.4 is 10.6 Å². The van der Waals surface area contributed by atoms with Crippen molar-refractivity contribution in [3.63, 3.8) is 0 Å². The number of rotatable bonds is 1. The Hall–Kier alpha value is -0.880. The van der Waals surface area contributed by atoms with E-state index in [0.717, 1.165) is 24.2 Å². The molecule has 16 heavy (non-hydrogen) atoms. The van der Waals surface area contributed by atoms with Gasteiger partial charge in [0, 0.05) is 31.7 Å². The third kappa shape index (κ3) is 2.44. The first kappa shape index (κ1) is 11.6. The largest absolute Gasteiger partial charge is 0.383 e. The number of nitrogens with zero attached hydrogens (tertiary/aromatic N) is 4. The maximum atomic E-state index is 5.71. The molecule has 1 aromatic heterocycles. The quantitative estimate of drug-likeness (QED) is 0.779. The summed E-state index contributed by atoms with van der Waals surface area (Å²) in [5, 5.41) is 0. The number of likely N-dealkylation sites (N-methyl/N-ethyl adjacent to an activating group) is 1. The van der Waals surface area contributed by atoms with E-state index in [-0.39, 0.29) is 0 Å². The molecule has 1 saturated heterocycles. The molecule has 1 aliphatic rings. The Labute approximate surface area is 104 Å². The Morgan fingerprint density at radius 2 is 2.19 bits per heavy atom. The zero-order valence-corrected chi connectivity index (χ0v) is 11.1. The summed E-state index contributed by atoms with van der Waals surface area (Å²) in [5.41, 5.74) is 5.71. The summed E-state index contributed by atoms with van der Waals surface area (Å²) in [7, 11) is 2.14. The minimum Gasteiger partial charge on any atom is -0.383 e. The fraction of sp³-hybridized carbons (Fsp3) is 0.600. The van der Waals surface area contributed by atoms with Gasteiger partial charge in [-0.25, -0.2) is 4.98 Å². The van der Waals surface area contributed by atoms with Crippen LogP contribution in [-0.4, -0.2) is 47.6 Å². The molecule has 1 atom stereocenters. The molecule has 1 aliphatic heterocycles. The first-order chi connectivity index (χ1) is 7.56. The molecule has 0 bridgehead atoms. The molecule has 2 N–H and O–H groups in total. The molecule has 5 nitrogen and oxygen atoms in total. The lowest BCUT2D eigenvalue weighted by atomic mass is 10.2. The Morgan fingerprint density at radius 3 is 2.81 bits per heavy atom. The van der Waals surface area contributed by atoms with Gasteiger partial charge in [-0.1, -0.05) is 0 Å². The molecule has 0 spiro atoms. The van der Waals surface area contributed by atoms with Crippen LogP contribution in [0.2, 0.25) is 0 Å². The summed E-state index contributed by atoms with van der Waals surface area (Å²) in [6.07, 6.45) is 0. The van der Waals surface area contributed by atoms with Crippen LogP contribution in [0.1, 0.15) is 6.92 Å². The van der Waals surface area contributed by atoms with Gasteiger partial charge in [-0.05, 0) is 29.9 Å². The Bertz CT molecular complexity index is 363. The van der Waals surface area contributed by atoms with Crippen molar-refractivity contribution < 1.29 is 0 Å². The monoisotopic (exact) mass is 285 g/mol. The van der Waals surface area contributed by atoms with Gasteiger partial charge in [0.05, 0.1) is 0 Å². The summed E-state index contributed by atoms with van der Waals surface area (Å²) in [6, 6.07) is 2.22. The Kier molecular flexibility index (Phi) is 3.30. The van der Waals surface area contributed by atoms with Gasteiger partial charge in [-0.2, -0.15) is 4.98 Å². The highest BCUT2D eigenvalue weighted by Gasteiger charge is 2.22. The molecular formula is C10H16BrN5. The topological polar surface area (TPSA) is 58.3 Å². The molecule has 2 heterocycles. The first-order valence-electron chi connectivity index (χ1n) is 5.31. The molecule has 6 heteroatoms. The van der Waals surface area contributed by atoms with Crippen molar-refractivity contribution in [1.29, 1.82) is 0 Å². The van der Waals surface area contributed by atoms with E-state index in [1.807, 2.05) is 0 Å². The van der Waals surface area contributed by atoms with Gasteiger partial charge in [0.15, 0.2) is 0 Å². The lowest BCUT2D eigenvalue weighted by molar-refractivity contribution is 0.233. The minimum atomic E-state index is 0.503. The Balaban J connectivity index is 2.18. The van der Waals surface area contributed by atoms with Crippen LogP contribution in [0.25, 0.3) is 0 Å². The van der Waals surface area contributed by atoms with Crippen LogP contribution in [-0.2, 0) is 0 Å². The third-order valence-corrected chi connectivity index (χ3v) is 3.35. The normalized spacial score (nSPS) is 22.4. The number of piperazine rings is 1. The molecule has 0 amide bonds. The molecule has 1 fully saturated rings. The van der Waals surface area contributed by atoms with Crippen LogP contribution in [0, 0.1) is 0 Å². The van der Waals surface area contributed by atoms with E-state index in [1.54, 1.807) is 6.07 Å². The molecular weight excluding hydrogens is 270 g/mol. The van der Waals surface area contributed by atoms with Gasteiger partial charge >= 0.3 is 0 Å². The van der Waals surface area contributed by atoms with Crippen molar-refractivity contribution in [2.45, 2.75) is 13.0 Å². The summed E-state index contributed by atoms with van der Waals surface area (Å²) < 4.78 is 0.738. The second-order valence-corrected chi connectivity index (χ2v) is 5.00. The number of aromatic nitrogens is 2. The van der Waals surface area contributed by atoms with Gasteiger partial charge in [-0.3, -0.25) is 0 Å². The maximum Gasteiger partial charge on any atom is 0.228 e. The van der Waals surface area contributed by atoms with Crippen molar-refractivity contribution in [3.05, 3.63) is 10.7 Å². The summed E-state index contributed by atoms with van der Waals surface area (Å²) in [6.45, 7) is 5.10. The molecule has 0 aromatic carbocycles. The molecule has 0 aliphatic carbocycles. The molecule has 88 valence electrons. The fourth-order valence-electron chi connectivity index (χ4n) is 1.79. The van der Waals surface area contributed by atoms with Crippen LogP contribution in [0.5, 0.6) is 0 Å². The molecule has 1 unspecified atom stereocenters. The van der Waals surface area contributed by atoms with Gasteiger partial charge in [-0.15, -0.1) is 0 Å². The molecule has 2 rings (SSSR count). The Morgan fingerprint density at radius 1 is 1.44 bits per heavy atom. The number of hydrogen-bond donors (Lipinski definition) is 1. The zero-order chi connectivity index (χ0) is 11.7. The highest BCUT2D eigenvalue weighted by molar-refractivity contribution is 9.10. The van der Waals surface area contributed by atoms with Crippen molar-refractivity contribution >= 4 is 27.7 Å². The number of nitrogen functional groups attached to an aromatic ring is 1. The second kappa shape index (κ2) is 4.55. The van der Waals surface area contributed by atoms with E-state index in [2.05, 4.69) is 49.7 Å². The average Bonchev–Trinajstić information content (AvgIpc) is 2.20. The van der Waals surface area contributed by atoms with E-state index >= 15 is 0 Å². The molecule has 0 radical (unpaired) electrons. The highest BCUT2D eigenvalue weighted by Crippen LogP contribution is 2.18. The first-order valence-corrected chi connectivity index (χ1v) is 6.11. The van der Waals surface area contributed by atoms with Crippen molar-refractivity contribution in [3.8, 4) is 0 Å². The second-order valence-electron chi connectivity index (χ2n) is 4.19. The van der Waals surface area contributed by atoms with Crippen molar-refractivity contribution in [2.75, 3.05) is 37.3 Å². The summed E-state index contributed by atoms with van der Waals surface area (Å²) in [4.78, 5) is 13.1. The van der Waals surface area contributed by atoms with E-state index < -0.39 is 0 Å². The molecule has 1 aromatic rings. The average molecular weight is 286 g/mol. The van der Waals surface area contributed by atoms with Crippen LogP contribution >= 0.6 is 15.9 Å². The maximum absolute atomic E-state index is 5.71. The predicted molar refractivity (Wildman–Crippen MR) is 68.4 cm³/mol. The SMILES string of the molecule is CC1CN(c2nc(N)cc(Br)n2)CCN1C. The third-order valence-electron chi connectivity index (χ3n) is 2.95. The predicted octanol–water partition coefficient (Wildman–Crippen LogP) is 0.962. The number of hydrogen-bond acceptors (Lipinski definition) is 5. The van der Waals surface area contributed by atoms with E-state index in [9.17, 15) is 0 Å². The minimum absolute atomic E-state index is 0.503. The van der Waals surface area contributed by atoms with Crippen LogP contribution in [0.4, 0.5) is 11.8 Å². The number of anilines is 2. The van der Waals surface area contributed by atoms with Crippen LogP contribution in [0.3, 0.4) is 0 Å². The van der Waals surface area contributed by atoms with Crippen molar-refractivity contribution in [2.24, 2.45) is 0 Å². The summed E-state index contributed by atoms with van der Waals surface area (Å²) >= 11 is 3.34. The number of nitrogens with two attached hydrogens (primary N) is 1. The molecule has 0 saturated carbocycles. The van der Waals surface area contributed by atoms with E-state index in [1.165, 1.54) is 0 Å². The highest BCUT2D eigenvalue weighted by atomic mass is 79.9. The van der Waals surface area contributed by atoms with Gasteiger partial charge in [0.1, 0.15) is 10.4 Å². The summed E-state index contributed by atoms with van der Waals surface area (Å²) in [5.74, 6) is 1.22. The van der Waals surface area contributed by atoms with Gasteiger partial charge in [0.2, 0.25) is 5.95 Å². The fourth-order valence-corrected chi connectivity index (χ4v) is 2.19.